The molecule has 1 fully saturated rings. The topological polar surface area (TPSA) is 0 Å². The summed E-state index contributed by atoms with van der Waals surface area (Å²) in [6.07, 6.45) is 7.74. The molecule has 3 aromatic carbocycles. The Morgan fingerprint density at radius 2 is 1.59 bits per heavy atom. The molecule has 0 spiro atoms. The minimum absolute atomic E-state index is 0.225. The van der Waals surface area contributed by atoms with Gasteiger partial charge >= 0.3 is 0 Å². The third kappa shape index (κ3) is 3.76. The number of rotatable bonds is 4. The van der Waals surface area contributed by atoms with Gasteiger partial charge in [0.1, 0.15) is 11.6 Å². The third-order valence-electron chi connectivity index (χ3n) is 6.15. The average molecular weight is 364 g/mol. The van der Waals surface area contributed by atoms with Crippen molar-refractivity contribution in [3.05, 3.63) is 71.8 Å². The van der Waals surface area contributed by atoms with E-state index in [1.807, 2.05) is 18.2 Å². The van der Waals surface area contributed by atoms with Crippen LogP contribution in [-0.2, 0) is 0 Å². The zero-order chi connectivity index (χ0) is 18.8. The molecule has 0 heterocycles. The quantitative estimate of drug-likeness (QED) is 0.442. The summed E-state index contributed by atoms with van der Waals surface area (Å²) in [6, 6.07) is 16.0. The van der Waals surface area contributed by atoms with Gasteiger partial charge in [-0.15, -0.1) is 0 Å². The lowest BCUT2D eigenvalue weighted by Crippen LogP contribution is -2.13. The van der Waals surface area contributed by atoms with Gasteiger partial charge in [-0.3, -0.25) is 0 Å². The molecule has 0 atom stereocenters. The first kappa shape index (κ1) is 18.2. The monoisotopic (exact) mass is 364 g/mol. The van der Waals surface area contributed by atoms with Crippen LogP contribution in [0.5, 0.6) is 0 Å². The number of halogens is 2. The van der Waals surface area contributed by atoms with E-state index in [4.69, 9.17) is 0 Å². The lowest BCUT2D eigenvalue weighted by molar-refractivity contribution is 0.308. The molecule has 3 aromatic rings. The van der Waals surface area contributed by atoms with Crippen LogP contribution in [0, 0.1) is 17.6 Å². The van der Waals surface area contributed by atoms with Crippen LogP contribution in [0.1, 0.15) is 56.9 Å². The molecule has 4 rings (SSSR count). The Morgan fingerprint density at radius 3 is 2.30 bits per heavy atom. The average Bonchev–Trinajstić information content (AvgIpc) is 2.70. The van der Waals surface area contributed by atoms with Crippen LogP contribution >= 0.6 is 0 Å². The highest BCUT2D eigenvalue weighted by atomic mass is 19.1. The molecule has 2 heteroatoms. The highest BCUT2D eigenvalue weighted by Gasteiger charge is 2.22. The van der Waals surface area contributed by atoms with Crippen molar-refractivity contribution >= 4 is 10.8 Å². The van der Waals surface area contributed by atoms with E-state index in [2.05, 4.69) is 19.1 Å². The Labute approximate surface area is 160 Å². The summed E-state index contributed by atoms with van der Waals surface area (Å²) in [5.74, 6) is 0.959. The summed E-state index contributed by atoms with van der Waals surface area (Å²) < 4.78 is 28.2. The van der Waals surface area contributed by atoms with Crippen LogP contribution in [0.25, 0.3) is 21.9 Å². The lowest BCUT2D eigenvalue weighted by Gasteiger charge is -2.28. The first-order valence-electron chi connectivity index (χ1n) is 10.1. The van der Waals surface area contributed by atoms with E-state index < -0.39 is 0 Å². The fraction of sp³-hybridized carbons (Fsp3) is 0.360. The van der Waals surface area contributed by atoms with Crippen LogP contribution in [0.3, 0.4) is 0 Å². The van der Waals surface area contributed by atoms with Crippen molar-refractivity contribution in [2.45, 2.75) is 51.4 Å². The van der Waals surface area contributed by atoms with Crippen molar-refractivity contribution in [2.24, 2.45) is 5.92 Å². The third-order valence-corrected chi connectivity index (χ3v) is 6.15. The molecule has 0 aliphatic heterocycles. The molecule has 1 aliphatic carbocycles. The molecular weight excluding hydrogens is 338 g/mol. The second-order valence-corrected chi connectivity index (χ2v) is 7.92. The zero-order valence-corrected chi connectivity index (χ0v) is 15.8. The van der Waals surface area contributed by atoms with Crippen LogP contribution in [0.15, 0.2) is 54.6 Å². The minimum atomic E-state index is -0.307. The van der Waals surface area contributed by atoms with Crippen LogP contribution < -0.4 is 0 Å². The van der Waals surface area contributed by atoms with E-state index in [9.17, 15) is 4.39 Å². The molecule has 0 radical (unpaired) electrons. The Bertz CT molecular complexity index is 919. The first-order valence-corrected chi connectivity index (χ1v) is 10.1. The molecule has 0 aromatic heterocycles. The second kappa shape index (κ2) is 7.80. The Kier molecular flexibility index (Phi) is 5.24. The molecule has 0 bridgehead atoms. The molecular formula is C25H26F2. The van der Waals surface area contributed by atoms with Crippen LogP contribution in [0.4, 0.5) is 8.78 Å². The molecule has 0 saturated heterocycles. The zero-order valence-electron chi connectivity index (χ0n) is 15.8. The second-order valence-electron chi connectivity index (χ2n) is 7.92. The maximum Gasteiger partial charge on any atom is 0.138 e. The van der Waals surface area contributed by atoms with Gasteiger partial charge in [-0.1, -0.05) is 62.2 Å². The summed E-state index contributed by atoms with van der Waals surface area (Å²) >= 11 is 0. The number of fused-ring (bicyclic) bond motifs is 1. The van der Waals surface area contributed by atoms with Crippen molar-refractivity contribution in [3.63, 3.8) is 0 Å². The lowest BCUT2D eigenvalue weighted by atomic mass is 9.77. The maximum atomic E-state index is 15.1. The van der Waals surface area contributed by atoms with Gasteiger partial charge in [-0.05, 0) is 66.2 Å². The molecule has 0 N–H and O–H groups in total. The highest BCUT2D eigenvalue weighted by molar-refractivity contribution is 5.88. The van der Waals surface area contributed by atoms with Crippen LogP contribution in [-0.4, -0.2) is 0 Å². The Hall–Kier alpha value is -2.22. The fourth-order valence-corrected chi connectivity index (χ4v) is 4.61. The van der Waals surface area contributed by atoms with Crippen molar-refractivity contribution < 1.29 is 8.78 Å². The van der Waals surface area contributed by atoms with Crippen molar-refractivity contribution in [1.29, 1.82) is 0 Å². The molecule has 27 heavy (non-hydrogen) atoms. The largest absolute Gasteiger partial charge is 0.207 e. The maximum absolute atomic E-state index is 15.1. The van der Waals surface area contributed by atoms with Crippen molar-refractivity contribution in [3.8, 4) is 11.1 Å². The number of benzene rings is 3. The molecule has 0 amide bonds. The molecule has 1 saturated carbocycles. The van der Waals surface area contributed by atoms with Crippen LogP contribution in [0.2, 0.25) is 0 Å². The molecule has 0 unspecified atom stereocenters. The summed E-state index contributed by atoms with van der Waals surface area (Å²) in [6.45, 7) is 2.27. The standard InChI is InChI=1S/C25H26F2/c1-2-3-17-4-6-18(7-5-17)20-10-14-24-21(16-20)11-15-23(25(24)27)19-8-12-22(26)13-9-19/h8-18H,2-7H2,1H3/t17-,18-. The first-order chi connectivity index (χ1) is 13.2. The number of hydrogen-bond donors (Lipinski definition) is 0. The van der Waals surface area contributed by atoms with E-state index in [0.29, 0.717) is 22.4 Å². The van der Waals surface area contributed by atoms with Gasteiger partial charge in [-0.2, -0.15) is 0 Å². The summed E-state index contributed by atoms with van der Waals surface area (Å²) in [5, 5.41) is 1.59. The van der Waals surface area contributed by atoms with Gasteiger partial charge < -0.3 is 0 Å². The fourth-order valence-electron chi connectivity index (χ4n) is 4.61. The van der Waals surface area contributed by atoms with Gasteiger partial charge in [0.25, 0.3) is 0 Å². The molecule has 0 nitrogen and oxygen atoms in total. The van der Waals surface area contributed by atoms with Gasteiger partial charge in [0, 0.05) is 10.9 Å². The van der Waals surface area contributed by atoms with E-state index in [1.165, 1.54) is 56.2 Å². The normalized spacial score (nSPS) is 20.1. The molecule has 1 aliphatic rings. The predicted molar refractivity (Wildman–Crippen MR) is 109 cm³/mol. The van der Waals surface area contributed by atoms with Crippen molar-refractivity contribution in [1.82, 2.24) is 0 Å². The highest BCUT2D eigenvalue weighted by Crippen LogP contribution is 2.39. The SMILES string of the molecule is CCC[C@H]1CC[C@H](c2ccc3c(F)c(-c4ccc(F)cc4)ccc3c2)CC1. The van der Waals surface area contributed by atoms with Gasteiger partial charge in [0.05, 0.1) is 0 Å². The van der Waals surface area contributed by atoms with Crippen molar-refractivity contribution in [2.75, 3.05) is 0 Å². The minimum Gasteiger partial charge on any atom is -0.207 e. The van der Waals surface area contributed by atoms with E-state index in [-0.39, 0.29) is 11.6 Å². The number of hydrogen-bond acceptors (Lipinski definition) is 0. The summed E-state index contributed by atoms with van der Waals surface area (Å²) in [7, 11) is 0. The predicted octanol–water partition coefficient (Wildman–Crippen LogP) is 7.86. The smallest absolute Gasteiger partial charge is 0.138 e. The van der Waals surface area contributed by atoms with Gasteiger partial charge in [0.2, 0.25) is 0 Å². The van der Waals surface area contributed by atoms with Gasteiger partial charge in [-0.25, -0.2) is 8.78 Å². The summed E-state index contributed by atoms with van der Waals surface area (Å²) in [5.41, 5.74) is 2.57. The van der Waals surface area contributed by atoms with Gasteiger partial charge in [0.15, 0.2) is 0 Å². The van der Waals surface area contributed by atoms with E-state index in [1.54, 1.807) is 12.1 Å². The molecule has 140 valence electrons. The van der Waals surface area contributed by atoms with E-state index in [0.717, 1.165) is 11.3 Å². The Balaban J connectivity index is 1.61. The summed E-state index contributed by atoms with van der Waals surface area (Å²) in [4.78, 5) is 0. The van der Waals surface area contributed by atoms with E-state index >= 15 is 4.39 Å². The Morgan fingerprint density at radius 1 is 0.852 bits per heavy atom.